The SMILES string of the molecule is CC(CC1CCC1)Nc1ccc(F)cc1C#N. The second-order valence-electron chi connectivity index (χ2n) is 4.88. The fraction of sp³-hybridized carbons (Fsp3) is 0.500. The molecule has 0 saturated heterocycles. The summed E-state index contributed by atoms with van der Waals surface area (Å²) in [5.41, 5.74) is 1.12. The van der Waals surface area contributed by atoms with Gasteiger partial charge in [-0.25, -0.2) is 4.39 Å². The molecular weight excluding hydrogens is 215 g/mol. The number of hydrogen-bond donors (Lipinski definition) is 1. The first kappa shape index (κ1) is 11.9. The molecule has 17 heavy (non-hydrogen) atoms. The van der Waals surface area contributed by atoms with Gasteiger partial charge in [-0.1, -0.05) is 19.3 Å². The van der Waals surface area contributed by atoms with Crippen LogP contribution in [0, 0.1) is 23.1 Å². The smallest absolute Gasteiger partial charge is 0.124 e. The Kier molecular flexibility index (Phi) is 3.63. The molecule has 1 saturated carbocycles. The molecule has 1 N–H and O–H groups in total. The molecule has 0 aromatic heterocycles. The van der Waals surface area contributed by atoms with Crippen molar-refractivity contribution >= 4 is 5.69 Å². The van der Waals surface area contributed by atoms with Crippen molar-refractivity contribution in [3.8, 4) is 6.07 Å². The summed E-state index contributed by atoms with van der Waals surface area (Å²) in [6, 6.07) is 6.66. The maximum Gasteiger partial charge on any atom is 0.124 e. The van der Waals surface area contributed by atoms with Crippen LogP contribution in [-0.2, 0) is 0 Å². The van der Waals surface area contributed by atoms with Crippen molar-refractivity contribution in [1.29, 1.82) is 5.26 Å². The molecule has 1 aliphatic carbocycles. The fourth-order valence-corrected chi connectivity index (χ4v) is 2.29. The summed E-state index contributed by atoms with van der Waals surface area (Å²) >= 11 is 0. The molecule has 0 spiro atoms. The van der Waals surface area contributed by atoms with Gasteiger partial charge in [-0.05, 0) is 37.5 Å². The molecule has 90 valence electrons. The summed E-state index contributed by atoms with van der Waals surface area (Å²) in [4.78, 5) is 0. The van der Waals surface area contributed by atoms with Crippen molar-refractivity contribution < 1.29 is 4.39 Å². The number of nitriles is 1. The Morgan fingerprint density at radius 2 is 2.29 bits per heavy atom. The second-order valence-corrected chi connectivity index (χ2v) is 4.88. The minimum absolute atomic E-state index is 0.331. The third-order valence-corrected chi connectivity index (χ3v) is 3.42. The number of nitrogens with one attached hydrogen (secondary N) is 1. The molecule has 0 heterocycles. The minimum atomic E-state index is -0.362. The average Bonchev–Trinajstić information content (AvgIpc) is 2.26. The lowest BCUT2D eigenvalue weighted by atomic mass is 9.81. The minimum Gasteiger partial charge on any atom is -0.382 e. The molecule has 1 aromatic carbocycles. The highest BCUT2D eigenvalue weighted by Crippen LogP contribution is 2.31. The summed E-state index contributed by atoms with van der Waals surface area (Å²) in [7, 11) is 0. The van der Waals surface area contributed by atoms with Crippen LogP contribution in [0.15, 0.2) is 18.2 Å². The van der Waals surface area contributed by atoms with Gasteiger partial charge >= 0.3 is 0 Å². The largest absolute Gasteiger partial charge is 0.382 e. The van der Waals surface area contributed by atoms with E-state index < -0.39 is 0 Å². The molecule has 1 unspecified atom stereocenters. The van der Waals surface area contributed by atoms with E-state index in [1.165, 1.54) is 31.4 Å². The lowest BCUT2D eigenvalue weighted by Crippen LogP contribution is -2.23. The monoisotopic (exact) mass is 232 g/mol. The summed E-state index contributed by atoms with van der Waals surface area (Å²) < 4.78 is 13.0. The van der Waals surface area contributed by atoms with E-state index in [4.69, 9.17) is 5.26 Å². The average molecular weight is 232 g/mol. The lowest BCUT2D eigenvalue weighted by Gasteiger charge is -2.29. The van der Waals surface area contributed by atoms with E-state index >= 15 is 0 Å². The Morgan fingerprint density at radius 3 is 2.88 bits per heavy atom. The fourth-order valence-electron chi connectivity index (χ4n) is 2.29. The van der Waals surface area contributed by atoms with Gasteiger partial charge in [-0.15, -0.1) is 0 Å². The number of hydrogen-bond acceptors (Lipinski definition) is 2. The van der Waals surface area contributed by atoms with E-state index in [0.717, 1.165) is 18.0 Å². The van der Waals surface area contributed by atoms with Gasteiger partial charge in [-0.2, -0.15) is 5.26 Å². The first-order chi connectivity index (χ1) is 8.19. The zero-order valence-corrected chi connectivity index (χ0v) is 10.0. The number of halogens is 1. The van der Waals surface area contributed by atoms with E-state index in [1.54, 1.807) is 6.07 Å². The molecule has 2 rings (SSSR count). The van der Waals surface area contributed by atoms with Crippen molar-refractivity contribution in [2.75, 3.05) is 5.32 Å². The van der Waals surface area contributed by atoms with Crippen LogP contribution in [0.2, 0.25) is 0 Å². The summed E-state index contributed by atoms with van der Waals surface area (Å²) in [6.45, 7) is 2.11. The van der Waals surface area contributed by atoms with Gasteiger partial charge in [0.25, 0.3) is 0 Å². The van der Waals surface area contributed by atoms with E-state index in [1.807, 2.05) is 6.07 Å². The zero-order valence-electron chi connectivity index (χ0n) is 10.0. The Hall–Kier alpha value is -1.56. The summed E-state index contributed by atoms with van der Waals surface area (Å²) in [5, 5.41) is 12.2. The molecule has 0 radical (unpaired) electrons. The van der Waals surface area contributed by atoms with Crippen molar-refractivity contribution in [1.82, 2.24) is 0 Å². The normalized spacial score (nSPS) is 17.0. The van der Waals surface area contributed by atoms with Crippen molar-refractivity contribution in [3.05, 3.63) is 29.6 Å². The predicted octanol–water partition coefficient (Wildman–Crippen LogP) is 3.69. The molecule has 0 aliphatic heterocycles. The van der Waals surface area contributed by atoms with Crippen LogP contribution in [0.1, 0.15) is 38.2 Å². The van der Waals surface area contributed by atoms with Crippen LogP contribution in [-0.4, -0.2) is 6.04 Å². The van der Waals surface area contributed by atoms with Crippen molar-refractivity contribution in [2.45, 2.75) is 38.6 Å². The highest BCUT2D eigenvalue weighted by Gasteiger charge is 2.20. The van der Waals surface area contributed by atoms with Crippen LogP contribution < -0.4 is 5.32 Å². The molecule has 1 aliphatic rings. The van der Waals surface area contributed by atoms with E-state index in [0.29, 0.717) is 11.6 Å². The first-order valence-electron chi connectivity index (χ1n) is 6.15. The number of nitrogens with zero attached hydrogens (tertiary/aromatic N) is 1. The quantitative estimate of drug-likeness (QED) is 0.859. The third-order valence-electron chi connectivity index (χ3n) is 3.42. The van der Waals surface area contributed by atoms with Crippen LogP contribution in [0.3, 0.4) is 0 Å². The maximum absolute atomic E-state index is 13.0. The van der Waals surface area contributed by atoms with E-state index in [9.17, 15) is 4.39 Å². The molecular formula is C14H17FN2. The van der Waals surface area contributed by atoms with Crippen LogP contribution >= 0.6 is 0 Å². The Labute approximate surface area is 101 Å². The van der Waals surface area contributed by atoms with E-state index in [-0.39, 0.29) is 5.82 Å². The van der Waals surface area contributed by atoms with Crippen molar-refractivity contribution in [2.24, 2.45) is 5.92 Å². The van der Waals surface area contributed by atoms with Crippen LogP contribution in [0.4, 0.5) is 10.1 Å². The molecule has 2 nitrogen and oxygen atoms in total. The zero-order chi connectivity index (χ0) is 12.3. The molecule has 0 bridgehead atoms. The van der Waals surface area contributed by atoms with Gasteiger partial charge in [0, 0.05) is 6.04 Å². The number of anilines is 1. The first-order valence-corrected chi connectivity index (χ1v) is 6.15. The van der Waals surface area contributed by atoms with E-state index in [2.05, 4.69) is 12.2 Å². The maximum atomic E-state index is 13.0. The Morgan fingerprint density at radius 1 is 1.53 bits per heavy atom. The van der Waals surface area contributed by atoms with Gasteiger partial charge in [0.05, 0.1) is 11.3 Å². The standard InChI is InChI=1S/C14H17FN2/c1-10(7-11-3-2-4-11)17-14-6-5-13(15)8-12(14)9-16/h5-6,8,10-11,17H,2-4,7H2,1H3. The lowest BCUT2D eigenvalue weighted by molar-refractivity contribution is 0.286. The van der Waals surface area contributed by atoms with Crippen LogP contribution in [0.5, 0.6) is 0 Å². The third kappa shape index (κ3) is 2.97. The highest BCUT2D eigenvalue weighted by molar-refractivity contribution is 5.57. The number of rotatable bonds is 4. The molecule has 1 fully saturated rings. The Bertz CT molecular complexity index is 432. The van der Waals surface area contributed by atoms with Gasteiger partial charge in [0.1, 0.15) is 11.9 Å². The molecule has 1 aromatic rings. The second kappa shape index (κ2) is 5.18. The number of benzene rings is 1. The van der Waals surface area contributed by atoms with Gasteiger partial charge in [0.2, 0.25) is 0 Å². The van der Waals surface area contributed by atoms with Crippen molar-refractivity contribution in [3.63, 3.8) is 0 Å². The highest BCUT2D eigenvalue weighted by atomic mass is 19.1. The summed E-state index contributed by atoms with van der Waals surface area (Å²) in [5.74, 6) is 0.460. The molecule has 0 amide bonds. The topological polar surface area (TPSA) is 35.8 Å². The van der Waals surface area contributed by atoms with Gasteiger partial charge in [-0.3, -0.25) is 0 Å². The molecule has 1 atom stereocenters. The van der Waals surface area contributed by atoms with Gasteiger partial charge < -0.3 is 5.32 Å². The van der Waals surface area contributed by atoms with Gasteiger partial charge in [0.15, 0.2) is 0 Å². The Balaban J connectivity index is 1.99. The molecule has 3 heteroatoms. The van der Waals surface area contributed by atoms with Crippen LogP contribution in [0.25, 0.3) is 0 Å². The summed E-state index contributed by atoms with van der Waals surface area (Å²) in [6.07, 6.45) is 5.11. The predicted molar refractivity (Wildman–Crippen MR) is 66.2 cm³/mol.